The molecule has 0 saturated heterocycles. The van der Waals surface area contributed by atoms with Crippen LogP contribution in [0, 0.1) is 12.3 Å². The summed E-state index contributed by atoms with van der Waals surface area (Å²) < 4.78 is 1.35. The average Bonchev–Trinajstić information content (AvgIpc) is 2.56. The zero-order valence-electron chi connectivity index (χ0n) is 16.3. The summed E-state index contributed by atoms with van der Waals surface area (Å²) in [5.41, 5.74) is 0. The molecule has 0 amide bonds. The van der Waals surface area contributed by atoms with Crippen molar-refractivity contribution in [2.45, 2.75) is 75.1 Å². The monoisotopic (exact) mass is 477 g/mol. The van der Waals surface area contributed by atoms with Crippen LogP contribution in [0.25, 0.3) is 0 Å². The van der Waals surface area contributed by atoms with Crippen LogP contribution in [0.2, 0.25) is 0 Å². The van der Waals surface area contributed by atoms with Gasteiger partial charge in [-0.1, -0.05) is 86.4 Å². The fraction of sp³-hybridized carbons (Fsp3) is 0.727. The maximum atomic E-state index is 5.82. The fourth-order valence-corrected chi connectivity index (χ4v) is 4.92. The molecule has 0 fully saturated rings. The first kappa shape index (κ1) is 25.0. The molecule has 0 radical (unpaired) electrons. The summed E-state index contributed by atoms with van der Waals surface area (Å²) in [6, 6.07) is 0. The lowest BCUT2D eigenvalue weighted by Gasteiger charge is -2.42. The number of unbranched alkanes of at least 4 members (excludes halogenated alkanes) is 6. The van der Waals surface area contributed by atoms with Gasteiger partial charge in [-0.25, -0.2) is 0 Å². The van der Waals surface area contributed by atoms with Gasteiger partial charge in [0.05, 0.1) is 23.1 Å². The van der Waals surface area contributed by atoms with Gasteiger partial charge in [0.15, 0.2) is 0 Å². The molecule has 1 unspecified atom stereocenters. The maximum Gasteiger partial charge on any atom is 0.140 e. The normalized spacial score (nSPS) is 19.4. The van der Waals surface area contributed by atoms with Gasteiger partial charge < -0.3 is 16.9 Å². The predicted octanol–water partition coefficient (Wildman–Crippen LogP) is 3.29. The van der Waals surface area contributed by atoms with Gasteiger partial charge >= 0.3 is 0 Å². The van der Waals surface area contributed by atoms with Gasteiger partial charge in [0.2, 0.25) is 0 Å². The van der Waals surface area contributed by atoms with E-state index in [1.165, 1.54) is 71.0 Å². The first-order valence-electron chi connectivity index (χ1n) is 9.91. The van der Waals surface area contributed by atoms with Gasteiger partial charge in [-0.15, -0.1) is 6.42 Å². The summed E-state index contributed by atoms with van der Waals surface area (Å²) in [5, 5.41) is 0. The topological polar surface area (TPSA) is 0 Å². The Balaban J connectivity index is 0.00000576. The molecule has 1 rings (SSSR count). The fourth-order valence-electron chi connectivity index (χ4n) is 3.74. The number of terminal acetylenes is 1. The first-order chi connectivity index (χ1) is 11.6. The molecule has 0 aliphatic heterocycles. The van der Waals surface area contributed by atoms with E-state index >= 15 is 0 Å². The molecular weight excluding hydrogens is 441 g/mol. The van der Waals surface area contributed by atoms with Crippen molar-refractivity contribution >= 4 is 22.6 Å². The Labute approximate surface area is 176 Å². The largest absolute Gasteiger partial charge is 1.00 e. The molecular formula is C22H37ClIN. The lowest BCUT2D eigenvalue weighted by Crippen LogP contribution is -3.00. The molecule has 0 heterocycles. The molecule has 144 valence electrons. The quantitative estimate of drug-likeness (QED) is 0.126. The highest BCUT2D eigenvalue weighted by atomic mass is 127. The summed E-state index contributed by atoms with van der Waals surface area (Å²) in [5.74, 6) is 3.02. The first-order valence-corrected chi connectivity index (χ1v) is 11.0. The number of halogens is 2. The molecule has 0 aromatic heterocycles. The predicted molar refractivity (Wildman–Crippen MR) is 116 cm³/mol. The minimum Gasteiger partial charge on any atom is -1.00 e. The van der Waals surface area contributed by atoms with E-state index < -0.39 is 0 Å². The van der Waals surface area contributed by atoms with E-state index in [9.17, 15) is 0 Å². The van der Waals surface area contributed by atoms with Crippen LogP contribution >= 0.6 is 22.6 Å². The second kappa shape index (κ2) is 14.1. The molecule has 1 aliphatic rings. The van der Waals surface area contributed by atoms with Gasteiger partial charge in [-0.3, -0.25) is 0 Å². The molecule has 1 atom stereocenters. The third-order valence-electron chi connectivity index (χ3n) is 5.10. The number of quaternary nitrogens is 1. The minimum absolute atomic E-state index is 0. The lowest BCUT2D eigenvalue weighted by molar-refractivity contribution is -0.922. The van der Waals surface area contributed by atoms with Crippen LogP contribution in [0.3, 0.4) is 0 Å². The summed E-state index contributed by atoms with van der Waals surface area (Å²) >= 11 is 2.67. The Morgan fingerprint density at radius 2 is 1.60 bits per heavy atom. The van der Waals surface area contributed by atoms with Gasteiger partial charge in [-0.2, -0.15) is 0 Å². The van der Waals surface area contributed by atoms with Gasteiger partial charge in [0.1, 0.15) is 6.54 Å². The van der Waals surface area contributed by atoms with E-state index in [2.05, 4.69) is 66.7 Å². The van der Waals surface area contributed by atoms with Crippen molar-refractivity contribution in [3.63, 3.8) is 0 Å². The van der Waals surface area contributed by atoms with Crippen LogP contribution in [-0.2, 0) is 0 Å². The van der Waals surface area contributed by atoms with Crippen molar-refractivity contribution in [1.29, 1.82) is 0 Å². The van der Waals surface area contributed by atoms with Crippen molar-refractivity contribution in [1.82, 2.24) is 0 Å². The number of alkyl halides is 1. The molecule has 0 spiro atoms. The number of hydrogen-bond acceptors (Lipinski definition) is 0. The van der Waals surface area contributed by atoms with Crippen LogP contribution in [0.1, 0.15) is 71.6 Å². The zero-order chi connectivity index (χ0) is 17.7. The van der Waals surface area contributed by atoms with Gasteiger partial charge in [0.25, 0.3) is 0 Å². The van der Waals surface area contributed by atoms with Crippen LogP contribution in [0.5, 0.6) is 0 Å². The Bertz CT molecular complexity index is 426. The molecule has 1 aliphatic carbocycles. The highest BCUT2D eigenvalue weighted by Gasteiger charge is 2.36. The number of hydrogen-bond donors (Lipinski definition) is 0. The van der Waals surface area contributed by atoms with Crippen LogP contribution in [0.4, 0.5) is 0 Å². The second-order valence-corrected chi connectivity index (χ2v) is 9.60. The van der Waals surface area contributed by atoms with Crippen molar-refractivity contribution in [3.8, 4) is 12.3 Å². The Morgan fingerprint density at radius 1 is 1.00 bits per heavy atom. The summed E-state index contributed by atoms with van der Waals surface area (Å²) in [7, 11) is 0. The Kier molecular flexibility index (Phi) is 14.1. The van der Waals surface area contributed by atoms with E-state index in [1.54, 1.807) is 0 Å². The van der Waals surface area contributed by atoms with Crippen molar-refractivity contribution in [3.05, 3.63) is 24.3 Å². The summed E-state index contributed by atoms with van der Waals surface area (Å²) in [4.78, 5) is 0. The third kappa shape index (κ3) is 10.1. The molecule has 0 aromatic rings. The molecule has 0 N–H and O–H groups in total. The van der Waals surface area contributed by atoms with Gasteiger partial charge in [-0.05, 0) is 38.0 Å². The maximum absolute atomic E-state index is 5.82. The van der Waals surface area contributed by atoms with E-state index in [1.807, 2.05) is 0 Å². The van der Waals surface area contributed by atoms with Crippen LogP contribution < -0.4 is 12.4 Å². The number of rotatable bonds is 13. The van der Waals surface area contributed by atoms with E-state index in [0.717, 1.165) is 17.4 Å². The van der Waals surface area contributed by atoms with Crippen LogP contribution in [-0.4, -0.2) is 34.1 Å². The second-order valence-electron chi connectivity index (χ2n) is 7.46. The Morgan fingerprint density at radius 3 is 2.04 bits per heavy atom. The standard InChI is InChI=1S/C22H37IN.ClH/c1-4-7-9-14-19-24(18-6-3,20-15-10-8-5-2)21-22(23)16-12-11-13-17-22;/h3,11-13,16H,4-5,7-10,14-15,17-21H2,1-2H3;1H/q+1;/p-1. The smallest absolute Gasteiger partial charge is 0.140 e. The highest BCUT2D eigenvalue weighted by Crippen LogP contribution is 2.33. The molecule has 0 bridgehead atoms. The third-order valence-corrected chi connectivity index (χ3v) is 6.24. The average molecular weight is 478 g/mol. The highest BCUT2D eigenvalue weighted by molar-refractivity contribution is 14.1. The zero-order valence-corrected chi connectivity index (χ0v) is 19.2. The molecule has 25 heavy (non-hydrogen) atoms. The molecule has 0 saturated carbocycles. The van der Waals surface area contributed by atoms with E-state index in [4.69, 9.17) is 6.42 Å². The van der Waals surface area contributed by atoms with Crippen molar-refractivity contribution in [2.75, 3.05) is 26.2 Å². The minimum atomic E-state index is 0. The molecule has 1 nitrogen and oxygen atoms in total. The SMILES string of the molecule is C#CC[N+](CCCCCC)(CCCCCC)CC1(I)C=CC=CC1.[Cl-]. The van der Waals surface area contributed by atoms with E-state index in [0.29, 0.717) is 0 Å². The summed E-state index contributed by atoms with van der Waals surface area (Å²) in [6.07, 6.45) is 26.7. The van der Waals surface area contributed by atoms with Crippen molar-refractivity contribution < 1.29 is 16.9 Å². The number of nitrogens with zero attached hydrogens (tertiary/aromatic N) is 1. The molecule has 3 heteroatoms. The number of allylic oxidation sites excluding steroid dienone is 3. The van der Waals surface area contributed by atoms with Crippen LogP contribution in [0.15, 0.2) is 24.3 Å². The van der Waals surface area contributed by atoms with Crippen molar-refractivity contribution in [2.24, 2.45) is 0 Å². The lowest BCUT2D eigenvalue weighted by atomic mass is 9.97. The summed E-state index contributed by atoms with van der Waals surface area (Å²) in [6.45, 7) is 9.13. The van der Waals surface area contributed by atoms with Gasteiger partial charge in [0, 0.05) is 0 Å². The van der Waals surface area contributed by atoms with E-state index in [-0.39, 0.29) is 15.8 Å². The molecule has 0 aromatic carbocycles. The Hall–Kier alpha value is 0.0200.